The summed E-state index contributed by atoms with van der Waals surface area (Å²) in [6.07, 6.45) is -9.59. The normalized spacial score (nSPS) is 16.6. The second kappa shape index (κ2) is 9.70. The summed E-state index contributed by atoms with van der Waals surface area (Å²) in [6, 6.07) is 3.35. The highest BCUT2D eigenvalue weighted by Crippen LogP contribution is 2.30. The molecule has 0 saturated carbocycles. The number of benzene rings is 1. The molecule has 0 aliphatic carbocycles. The van der Waals surface area contributed by atoms with E-state index in [0.717, 1.165) is 12.1 Å². The predicted molar refractivity (Wildman–Crippen MR) is 114 cm³/mol. The molecule has 0 bridgehead atoms. The van der Waals surface area contributed by atoms with E-state index >= 15 is 0 Å². The number of piperidine rings is 1. The summed E-state index contributed by atoms with van der Waals surface area (Å²) in [4.78, 5) is 28.2. The molecule has 3 rings (SSSR count). The Labute approximate surface area is 199 Å². The summed E-state index contributed by atoms with van der Waals surface area (Å²) in [5.41, 5.74) is -0.344. The molecule has 1 saturated heterocycles. The summed E-state index contributed by atoms with van der Waals surface area (Å²) in [5, 5.41) is 0. The maximum atomic E-state index is 12.8. The van der Waals surface area contributed by atoms with E-state index in [1.165, 1.54) is 15.5 Å². The number of fused-ring (bicyclic) bond motifs is 1. The van der Waals surface area contributed by atoms with Crippen molar-refractivity contribution in [2.75, 3.05) is 13.1 Å². The van der Waals surface area contributed by atoms with Crippen LogP contribution in [0.3, 0.4) is 0 Å². The van der Waals surface area contributed by atoms with Gasteiger partial charge in [0.05, 0.1) is 10.2 Å². The number of carbonyl (C=O) groups excluding carboxylic acids is 2. The third-order valence-electron chi connectivity index (χ3n) is 5.03. The number of carbonyl (C=O) groups is 2. The minimum absolute atomic E-state index is 0.0856. The van der Waals surface area contributed by atoms with Crippen molar-refractivity contribution >= 4 is 33.6 Å². The molecular formula is C21H23F6N3O4S. The lowest BCUT2D eigenvalue weighted by Crippen LogP contribution is -2.42. The van der Waals surface area contributed by atoms with Gasteiger partial charge >= 0.3 is 24.5 Å². The van der Waals surface area contributed by atoms with Crippen LogP contribution in [0.1, 0.15) is 33.6 Å². The highest BCUT2D eigenvalue weighted by Gasteiger charge is 2.39. The molecule has 7 nitrogen and oxygen atoms in total. The van der Waals surface area contributed by atoms with Crippen molar-refractivity contribution in [3.63, 3.8) is 0 Å². The molecule has 2 heterocycles. The summed E-state index contributed by atoms with van der Waals surface area (Å²) >= 11 is 0.652. The third-order valence-corrected chi connectivity index (χ3v) is 6.08. The molecule has 14 heteroatoms. The van der Waals surface area contributed by atoms with Crippen molar-refractivity contribution in [2.24, 2.45) is 10.9 Å². The number of amides is 2. The van der Waals surface area contributed by atoms with Crippen LogP contribution in [0.4, 0.5) is 31.1 Å². The number of alkyl halides is 6. The molecule has 0 radical (unpaired) electrons. The number of likely N-dealkylation sites (tertiary alicyclic amines) is 1. The lowest BCUT2D eigenvalue weighted by molar-refractivity contribution is -0.274. The molecule has 35 heavy (non-hydrogen) atoms. The fourth-order valence-corrected chi connectivity index (χ4v) is 4.61. The minimum Gasteiger partial charge on any atom is -0.444 e. The average Bonchev–Trinajstić information content (AvgIpc) is 3.01. The van der Waals surface area contributed by atoms with Gasteiger partial charge in [-0.05, 0) is 57.7 Å². The quantitative estimate of drug-likeness (QED) is 0.512. The van der Waals surface area contributed by atoms with Gasteiger partial charge in [0.1, 0.15) is 11.4 Å². The van der Waals surface area contributed by atoms with Crippen LogP contribution >= 0.6 is 11.3 Å². The molecule has 1 aliphatic rings. The molecule has 1 aromatic heterocycles. The highest BCUT2D eigenvalue weighted by molar-refractivity contribution is 7.16. The zero-order valence-corrected chi connectivity index (χ0v) is 19.8. The SMILES string of the molecule is CC(C)(C)OC(=O)N1CCC(Cn2c(=NC(=O)C(F)(F)F)sc3cc(OC(F)(F)F)ccc32)CC1. The van der Waals surface area contributed by atoms with E-state index < -0.39 is 35.9 Å². The van der Waals surface area contributed by atoms with E-state index in [4.69, 9.17) is 4.74 Å². The molecular weight excluding hydrogens is 504 g/mol. The smallest absolute Gasteiger partial charge is 0.444 e. The monoisotopic (exact) mass is 527 g/mol. The van der Waals surface area contributed by atoms with Crippen molar-refractivity contribution in [3.8, 4) is 5.75 Å². The Balaban J connectivity index is 1.87. The van der Waals surface area contributed by atoms with Crippen LogP contribution < -0.4 is 9.54 Å². The van der Waals surface area contributed by atoms with Crippen LogP contribution in [0, 0.1) is 5.92 Å². The second-order valence-corrected chi connectivity index (χ2v) is 10.0. The lowest BCUT2D eigenvalue weighted by Gasteiger charge is -2.33. The fraction of sp³-hybridized carbons (Fsp3) is 0.571. The maximum Gasteiger partial charge on any atom is 0.573 e. The highest BCUT2D eigenvalue weighted by atomic mass is 32.1. The van der Waals surface area contributed by atoms with Gasteiger partial charge in [0.25, 0.3) is 0 Å². The molecule has 194 valence electrons. The van der Waals surface area contributed by atoms with E-state index in [9.17, 15) is 35.9 Å². The first-order valence-electron chi connectivity index (χ1n) is 10.5. The van der Waals surface area contributed by atoms with Crippen molar-refractivity contribution in [1.82, 2.24) is 9.47 Å². The van der Waals surface area contributed by atoms with Crippen LogP contribution in [0.25, 0.3) is 10.2 Å². The summed E-state index contributed by atoms with van der Waals surface area (Å²) in [7, 11) is 0. The zero-order chi connectivity index (χ0) is 26.2. The topological polar surface area (TPSA) is 73.1 Å². The van der Waals surface area contributed by atoms with Gasteiger partial charge < -0.3 is 18.9 Å². The number of ether oxygens (including phenoxy) is 2. The van der Waals surface area contributed by atoms with Gasteiger partial charge in [-0.25, -0.2) is 4.79 Å². The second-order valence-electron chi connectivity index (χ2n) is 9.00. The Kier molecular flexibility index (Phi) is 7.44. The molecule has 1 aliphatic heterocycles. The molecule has 0 N–H and O–H groups in total. The Hall–Kier alpha value is -2.77. The summed E-state index contributed by atoms with van der Waals surface area (Å²) in [6.45, 7) is 6.11. The van der Waals surface area contributed by atoms with Gasteiger partial charge in [0.15, 0.2) is 4.80 Å². The summed E-state index contributed by atoms with van der Waals surface area (Å²) in [5.74, 6) is -2.94. The standard InChI is InChI=1S/C21H23F6N3O4S/c1-19(2,3)34-18(32)29-8-6-12(7-9-29)11-30-14-5-4-13(33-21(25,26)27)10-15(14)35-17(30)28-16(31)20(22,23)24/h4-5,10,12H,6-9,11H2,1-3H3. The number of nitrogens with zero attached hydrogens (tertiary/aromatic N) is 3. The van der Waals surface area contributed by atoms with Gasteiger partial charge in [-0.2, -0.15) is 18.2 Å². The van der Waals surface area contributed by atoms with Crippen molar-refractivity contribution < 1.29 is 45.4 Å². The first-order valence-corrected chi connectivity index (χ1v) is 11.4. The van der Waals surface area contributed by atoms with Gasteiger partial charge in [0, 0.05) is 19.6 Å². The molecule has 2 amide bonds. The number of rotatable bonds is 3. The predicted octanol–water partition coefficient (Wildman–Crippen LogP) is 5.24. The Morgan fingerprint density at radius 1 is 1.09 bits per heavy atom. The number of hydrogen-bond donors (Lipinski definition) is 0. The van der Waals surface area contributed by atoms with Gasteiger partial charge in [-0.15, -0.1) is 13.2 Å². The molecule has 0 unspecified atom stereocenters. The van der Waals surface area contributed by atoms with Crippen LogP contribution in [-0.4, -0.2) is 52.7 Å². The molecule has 0 atom stereocenters. The number of thiazole rings is 1. The van der Waals surface area contributed by atoms with Gasteiger partial charge in [-0.3, -0.25) is 4.79 Å². The Bertz CT molecular complexity index is 1150. The Morgan fingerprint density at radius 3 is 2.26 bits per heavy atom. The van der Waals surface area contributed by atoms with E-state index in [2.05, 4.69) is 9.73 Å². The van der Waals surface area contributed by atoms with Crippen LogP contribution in [-0.2, 0) is 16.1 Å². The first-order chi connectivity index (χ1) is 16.0. The van der Waals surface area contributed by atoms with Gasteiger partial charge in [-0.1, -0.05) is 11.3 Å². The van der Waals surface area contributed by atoms with E-state index in [-0.39, 0.29) is 22.0 Å². The molecule has 1 aromatic carbocycles. The van der Waals surface area contributed by atoms with E-state index in [1.54, 1.807) is 20.8 Å². The van der Waals surface area contributed by atoms with Crippen LogP contribution in [0.5, 0.6) is 5.75 Å². The molecule has 1 fully saturated rings. The van der Waals surface area contributed by atoms with Crippen LogP contribution in [0.2, 0.25) is 0 Å². The van der Waals surface area contributed by atoms with Crippen LogP contribution in [0.15, 0.2) is 23.2 Å². The average molecular weight is 527 g/mol. The fourth-order valence-electron chi connectivity index (χ4n) is 3.55. The molecule has 0 spiro atoms. The lowest BCUT2D eigenvalue weighted by atomic mass is 9.97. The Morgan fingerprint density at radius 2 is 1.71 bits per heavy atom. The number of halogens is 6. The number of aromatic nitrogens is 1. The van der Waals surface area contributed by atoms with Gasteiger partial charge in [0.2, 0.25) is 0 Å². The van der Waals surface area contributed by atoms with Crippen molar-refractivity contribution in [2.45, 2.75) is 58.3 Å². The van der Waals surface area contributed by atoms with Crippen molar-refractivity contribution in [1.29, 1.82) is 0 Å². The molecule has 2 aromatic rings. The zero-order valence-electron chi connectivity index (χ0n) is 19.0. The number of hydrogen-bond acceptors (Lipinski definition) is 5. The third kappa shape index (κ3) is 7.36. The van der Waals surface area contributed by atoms with E-state index in [1.807, 2.05) is 0 Å². The first kappa shape index (κ1) is 26.8. The largest absolute Gasteiger partial charge is 0.573 e. The van der Waals surface area contributed by atoms with Crippen molar-refractivity contribution in [3.05, 3.63) is 23.0 Å². The van der Waals surface area contributed by atoms with E-state index in [0.29, 0.717) is 42.8 Å². The minimum atomic E-state index is -5.20. The summed E-state index contributed by atoms with van der Waals surface area (Å²) < 4.78 is 87.0. The maximum absolute atomic E-state index is 12.8.